The fraction of sp³-hybridized carbons (Fsp3) is 0.280. The maximum absolute atomic E-state index is 12.9. The Morgan fingerprint density at radius 3 is 2.50 bits per heavy atom. The van der Waals surface area contributed by atoms with E-state index in [9.17, 15) is 10.1 Å². The van der Waals surface area contributed by atoms with E-state index in [2.05, 4.69) is 46.6 Å². The molecule has 0 radical (unpaired) electrons. The van der Waals surface area contributed by atoms with Gasteiger partial charge in [-0.05, 0) is 42.5 Å². The van der Waals surface area contributed by atoms with Crippen LogP contribution in [0, 0.1) is 25.2 Å². The number of hydrogen-bond acceptors (Lipinski definition) is 3. The molecule has 2 heterocycles. The zero-order valence-corrected chi connectivity index (χ0v) is 17.5. The van der Waals surface area contributed by atoms with Gasteiger partial charge in [-0.2, -0.15) is 5.26 Å². The predicted octanol–water partition coefficient (Wildman–Crippen LogP) is 4.02. The molecule has 4 rings (SSSR count). The molecule has 0 spiro atoms. The van der Waals surface area contributed by atoms with E-state index in [1.54, 1.807) is 0 Å². The molecule has 0 saturated carbocycles. The van der Waals surface area contributed by atoms with Crippen molar-refractivity contribution in [2.75, 3.05) is 18.4 Å². The summed E-state index contributed by atoms with van der Waals surface area (Å²) in [6.45, 7) is 6.50. The molecule has 1 aliphatic heterocycles. The summed E-state index contributed by atoms with van der Waals surface area (Å²) in [6, 6.07) is 20.8. The molecule has 0 aliphatic carbocycles. The molecule has 0 unspecified atom stereocenters. The van der Waals surface area contributed by atoms with Gasteiger partial charge in [0, 0.05) is 25.3 Å². The van der Waals surface area contributed by atoms with Gasteiger partial charge in [0.15, 0.2) is 0 Å². The fourth-order valence-corrected chi connectivity index (χ4v) is 4.16. The molecule has 1 N–H and O–H groups in total. The number of nitrogens with zero attached hydrogens (tertiary/aromatic N) is 3. The first-order valence-electron chi connectivity index (χ1n) is 10.3. The van der Waals surface area contributed by atoms with E-state index >= 15 is 0 Å². The molecule has 0 saturated heterocycles. The molecule has 1 amide bonds. The molecule has 0 atom stereocenters. The van der Waals surface area contributed by atoms with Crippen LogP contribution < -0.4 is 5.32 Å². The average Bonchev–Trinajstić information content (AvgIpc) is 2.98. The Bertz CT molecular complexity index is 1110. The van der Waals surface area contributed by atoms with Gasteiger partial charge in [-0.3, -0.25) is 9.69 Å². The number of benzene rings is 2. The Labute approximate surface area is 177 Å². The van der Waals surface area contributed by atoms with E-state index in [1.807, 2.05) is 42.7 Å². The first-order chi connectivity index (χ1) is 14.6. The Balaban J connectivity index is 1.53. The Morgan fingerprint density at radius 1 is 1.07 bits per heavy atom. The zero-order valence-electron chi connectivity index (χ0n) is 17.5. The second-order valence-corrected chi connectivity index (χ2v) is 7.90. The lowest BCUT2D eigenvalue weighted by Crippen LogP contribution is -2.37. The summed E-state index contributed by atoms with van der Waals surface area (Å²) in [5.41, 5.74) is 6.23. The lowest BCUT2D eigenvalue weighted by atomic mass is 10.00. The summed E-state index contributed by atoms with van der Waals surface area (Å²) in [5, 5.41) is 12.8. The number of carbonyl (C=O) groups is 1. The highest BCUT2D eigenvalue weighted by atomic mass is 16.2. The molecule has 5 heteroatoms. The fourth-order valence-electron chi connectivity index (χ4n) is 4.16. The van der Waals surface area contributed by atoms with E-state index < -0.39 is 0 Å². The van der Waals surface area contributed by atoms with Gasteiger partial charge in [0.2, 0.25) is 5.91 Å². The lowest BCUT2D eigenvalue weighted by Gasteiger charge is -2.28. The van der Waals surface area contributed by atoms with Crippen LogP contribution in [0.2, 0.25) is 0 Å². The molecule has 0 bridgehead atoms. The van der Waals surface area contributed by atoms with Crippen LogP contribution in [0.1, 0.15) is 33.5 Å². The Hall–Kier alpha value is -3.36. The van der Waals surface area contributed by atoms with Crippen molar-refractivity contribution in [2.24, 2.45) is 0 Å². The molecule has 30 heavy (non-hydrogen) atoms. The molecule has 1 aromatic heterocycles. The van der Waals surface area contributed by atoms with Crippen LogP contribution in [0.5, 0.6) is 0 Å². The van der Waals surface area contributed by atoms with Crippen molar-refractivity contribution in [1.82, 2.24) is 9.47 Å². The highest BCUT2D eigenvalue weighted by Crippen LogP contribution is 2.27. The van der Waals surface area contributed by atoms with Gasteiger partial charge in [-0.15, -0.1) is 0 Å². The quantitative estimate of drug-likeness (QED) is 0.706. The van der Waals surface area contributed by atoms with Crippen LogP contribution in [0.4, 0.5) is 5.82 Å². The number of aromatic nitrogens is 1. The zero-order chi connectivity index (χ0) is 21.1. The summed E-state index contributed by atoms with van der Waals surface area (Å²) >= 11 is 0. The van der Waals surface area contributed by atoms with Crippen molar-refractivity contribution >= 4 is 11.7 Å². The smallest absolute Gasteiger partial charge is 0.239 e. The standard InChI is InChI=1S/C25H26N4O/c1-18-19(2)29(15-20-8-4-3-5-9-20)25(23(18)14-26)27-24(30)17-28-13-12-21-10-6-7-11-22(21)16-28/h3-11H,12-13,15-17H2,1-2H3,(H,27,30). The Kier molecular flexibility index (Phi) is 5.69. The number of nitriles is 1. The minimum atomic E-state index is -0.0855. The first kappa shape index (κ1) is 19.9. The average molecular weight is 399 g/mol. The molecular formula is C25H26N4O. The van der Waals surface area contributed by atoms with Gasteiger partial charge >= 0.3 is 0 Å². The minimum Gasteiger partial charge on any atom is -0.326 e. The summed E-state index contributed by atoms with van der Waals surface area (Å²) < 4.78 is 2.03. The second-order valence-electron chi connectivity index (χ2n) is 7.90. The van der Waals surface area contributed by atoms with Crippen molar-refractivity contribution in [3.8, 4) is 6.07 Å². The van der Waals surface area contributed by atoms with E-state index in [1.165, 1.54) is 11.1 Å². The second kappa shape index (κ2) is 8.56. The normalized spacial score (nSPS) is 13.5. The van der Waals surface area contributed by atoms with Crippen molar-refractivity contribution in [3.05, 3.63) is 88.1 Å². The SMILES string of the molecule is Cc1c(C#N)c(NC(=O)CN2CCc3ccccc3C2)n(Cc2ccccc2)c1C. The van der Waals surface area contributed by atoms with Crippen molar-refractivity contribution in [1.29, 1.82) is 5.26 Å². The van der Waals surface area contributed by atoms with Crippen LogP contribution in [0.25, 0.3) is 0 Å². The summed E-state index contributed by atoms with van der Waals surface area (Å²) in [5.74, 6) is 0.511. The third kappa shape index (κ3) is 4.00. The molecule has 2 aromatic carbocycles. The van der Waals surface area contributed by atoms with Gasteiger partial charge < -0.3 is 9.88 Å². The van der Waals surface area contributed by atoms with Crippen LogP contribution in [-0.4, -0.2) is 28.5 Å². The lowest BCUT2D eigenvalue weighted by molar-refractivity contribution is -0.117. The maximum Gasteiger partial charge on any atom is 0.239 e. The number of anilines is 1. The molecule has 1 aliphatic rings. The molecule has 3 aromatic rings. The largest absolute Gasteiger partial charge is 0.326 e. The van der Waals surface area contributed by atoms with Gasteiger partial charge in [-0.1, -0.05) is 54.6 Å². The number of rotatable bonds is 5. The van der Waals surface area contributed by atoms with Gasteiger partial charge in [-0.25, -0.2) is 0 Å². The van der Waals surface area contributed by atoms with Crippen LogP contribution in [0.3, 0.4) is 0 Å². The summed E-state index contributed by atoms with van der Waals surface area (Å²) in [4.78, 5) is 15.1. The maximum atomic E-state index is 12.9. The molecule has 152 valence electrons. The van der Waals surface area contributed by atoms with Crippen LogP contribution >= 0.6 is 0 Å². The highest BCUT2D eigenvalue weighted by molar-refractivity contribution is 5.93. The number of amides is 1. The third-order valence-electron chi connectivity index (χ3n) is 5.96. The van der Waals surface area contributed by atoms with E-state index in [0.717, 1.165) is 36.3 Å². The topological polar surface area (TPSA) is 61.1 Å². The van der Waals surface area contributed by atoms with Gasteiger partial charge in [0.1, 0.15) is 11.9 Å². The van der Waals surface area contributed by atoms with Crippen molar-refractivity contribution in [3.63, 3.8) is 0 Å². The number of carbonyl (C=O) groups excluding carboxylic acids is 1. The number of nitrogens with one attached hydrogen (secondary N) is 1. The minimum absolute atomic E-state index is 0.0855. The molecular weight excluding hydrogens is 372 g/mol. The summed E-state index contributed by atoms with van der Waals surface area (Å²) in [6.07, 6.45) is 0.954. The Morgan fingerprint density at radius 2 is 1.77 bits per heavy atom. The monoisotopic (exact) mass is 398 g/mol. The van der Waals surface area contributed by atoms with Crippen molar-refractivity contribution < 1.29 is 4.79 Å². The number of hydrogen-bond donors (Lipinski definition) is 1. The molecule has 0 fully saturated rings. The van der Waals surface area contributed by atoms with Gasteiger partial charge in [0.05, 0.1) is 12.1 Å². The van der Waals surface area contributed by atoms with Gasteiger partial charge in [0.25, 0.3) is 0 Å². The third-order valence-corrected chi connectivity index (χ3v) is 5.96. The molecule has 5 nitrogen and oxygen atoms in total. The first-order valence-corrected chi connectivity index (χ1v) is 10.3. The van der Waals surface area contributed by atoms with Crippen LogP contribution in [-0.2, 0) is 24.3 Å². The van der Waals surface area contributed by atoms with E-state index in [0.29, 0.717) is 24.5 Å². The highest BCUT2D eigenvalue weighted by Gasteiger charge is 2.22. The number of fused-ring (bicyclic) bond motifs is 1. The van der Waals surface area contributed by atoms with E-state index in [4.69, 9.17) is 0 Å². The predicted molar refractivity (Wildman–Crippen MR) is 118 cm³/mol. The van der Waals surface area contributed by atoms with Crippen molar-refractivity contribution in [2.45, 2.75) is 33.4 Å². The summed E-state index contributed by atoms with van der Waals surface area (Å²) in [7, 11) is 0. The van der Waals surface area contributed by atoms with E-state index in [-0.39, 0.29) is 5.91 Å². The van der Waals surface area contributed by atoms with Crippen LogP contribution in [0.15, 0.2) is 54.6 Å².